The maximum Gasteiger partial charge on any atom is 0.346 e. The summed E-state index contributed by atoms with van der Waals surface area (Å²) >= 11 is 0. The molecule has 2 amide bonds. The molecule has 2 aliphatic heterocycles. The molecule has 16 heavy (non-hydrogen) atoms. The molecule has 0 radical (unpaired) electrons. The number of aliphatic imine (C=N–C) groups is 1. The molecule has 2 aliphatic rings. The van der Waals surface area contributed by atoms with Gasteiger partial charge in [-0.25, -0.2) is 4.79 Å². The van der Waals surface area contributed by atoms with Crippen molar-refractivity contribution >= 4 is 11.9 Å². The van der Waals surface area contributed by atoms with Crippen LogP contribution in [-0.4, -0.2) is 41.9 Å². The number of nitrogens with two attached hydrogens (primary N) is 1. The summed E-state index contributed by atoms with van der Waals surface area (Å²) in [6.45, 7) is 8.01. The maximum atomic E-state index is 11.8. The van der Waals surface area contributed by atoms with Gasteiger partial charge in [0.2, 0.25) is 0 Å². The van der Waals surface area contributed by atoms with E-state index in [1.54, 1.807) is 11.0 Å². The van der Waals surface area contributed by atoms with E-state index in [1.807, 2.05) is 0 Å². The highest BCUT2D eigenvalue weighted by atomic mass is 16.2. The van der Waals surface area contributed by atoms with Gasteiger partial charge in [0.25, 0.3) is 0 Å². The fourth-order valence-electron chi connectivity index (χ4n) is 2.73. The van der Waals surface area contributed by atoms with Gasteiger partial charge >= 0.3 is 6.03 Å². The van der Waals surface area contributed by atoms with Crippen LogP contribution in [-0.2, 0) is 0 Å². The van der Waals surface area contributed by atoms with Crippen LogP contribution in [0.2, 0.25) is 0 Å². The quantitative estimate of drug-likeness (QED) is 0.662. The van der Waals surface area contributed by atoms with Crippen LogP contribution >= 0.6 is 0 Å². The fourth-order valence-corrected chi connectivity index (χ4v) is 2.73. The summed E-state index contributed by atoms with van der Waals surface area (Å²) < 4.78 is 0. The van der Waals surface area contributed by atoms with Gasteiger partial charge in [-0.1, -0.05) is 13.0 Å². The molecule has 5 nitrogen and oxygen atoms in total. The number of carbonyl (C=O) groups is 1. The molecule has 0 aromatic heterocycles. The minimum Gasteiger partial charge on any atom is -0.385 e. The minimum absolute atomic E-state index is 0.230. The van der Waals surface area contributed by atoms with Crippen LogP contribution in [0.1, 0.15) is 13.3 Å². The van der Waals surface area contributed by atoms with E-state index in [1.165, 1.54) is 0 Å². The Kier molecular flexibility index (Phi) is 2.71. The van der Waals surface area contributed by atoms with Gasteiger partial charge in [0, 0.05) is 13.1 Å². The third-order valence-corrected chi connectivity index (χ3v) is 3.63. The second kappa shape index (κ2) is 3.90. The van der Waals surface area contributed by atoms with Crippen LogP contribution in [0.15, 0.2) is 17.6 Å². The van der Waals surface area contributed by atoms with Gasteiger partial charge in [0.05, 0.1) is 0 Å². The molecule has 0 aliphatic carbocycles. The number of nitrogens with one attached hydrogen (secondary N) is 1. The molecule has 1 saturated heterocycles. The Morgan fingerprint density at radius 3 is 3.19 bits per heavy atom. The van der Waals surface area contributed by atoms with Crippen LogP contribution in [0, 0.1) is 5.92 Å². The molecule has 0 bridgehead atoms. The number of hydrogen-bond acceptors (Lipinski definition) is 3. The van der Waals surface area contributed by atoms with E-state index in [0.29, 0.717) is 12.4 Å². The summed E-state index contributed by atoms with van der Waals surface area (Å²) in [6, 6.07) is -0.230. The molecule has 2 rings (SSSR count). The van der Waals surface area contributed by atoms with Crippen LogP contribution < -0.4 is 11.1 Å². The minimum atomic E-state index is -0.392. The second-order valence-corrected chi connectivity index (χ2v) is 4.46. The van der Waals surface area contributed by atoms with Crippen molar-refractivity contribution in [3.63, 3.8) is 0 Å². The smallest absolute Gasteiger partial charge is 0.346 e. The highest BCUT2D eigenvalue weighted by Gasteiger charge is 2.52. The number of piperidine rings is 1. The van der Waals surface area contributed by atoms with Crippen molar-refractivity contribution in [2.45, 2.75) is 18.9 Å². The van der Waals surface area contributed by atoms with Crippen molar-refractivity contribution < 1.29 is 4.79 Å². The molecule has 1 spiro atoms. The molecular formula is C11H18N4O. The van der Waals surface area contributed by atoms with Gasteiger partial charge in [-0.15, -0.1) is 6.58 Å². The molecule has 3 N–H and O–H groups in total. The predicted octanol–water partition coefficient (Wildman–Crippen LogP) is 0.333. The van der Waals surface area contributed by atoms with E-state index >= 15 is 0 Å². The maximum absolute atomic E-state index is 11.8. The van der Waals surface area contributed by atoms with Crippen LogP contribution in [0.4, 0.5) is 4.79 Å². The number of hydrogen-bond donors (Lipinski definition) is 2. The molecule has 2 unspecified atom stereocenters. The van der Waals surface area contributed by atoms with E-state index in [4.69, 9.17) is 5.73 Å². The lowest BCUT2D eigenvalue weighted by molar-refractivity contribution is 0.119. The Morgan fingerprint density at radius 1 is 1.81 bits per heavy atom. The number of carbonyl (C=O) groups excluding carboxylic acids is 1. The average molecular weight is 222 g/mol. The van der Waals surface area contributed by atoms with Crippen molar-refractivity contribution in [3.8, 4) is 0 Å². The second-order valence-electron chi connectivity index (χ2n) is 4.46. The Morgan fingerprint density at radius 2 is 2.56 bits per heavy atom. The van der Waals surface area contributed by atoms with Crippen molar-refractivity contribution in [3.05, 3.63) is 12.7 Å². The summed E-state index contributed by atoms with van der Waals surface area (Å²) in [4.78, 5) is 17.5. The average Bonchev–Trinajstić information content (AvgIpc) is 2.48. The number of rotatable bonds is 2. The zero-order valence-corrected chi connectivity index (χ0v) is 9.57. The van der Waals surface area contributed by atoms with E-state index in [2.05, 4.69) is 23.8 Å². The summed E-state index contributed by atoms with van der Waals surface area (Å²) in [5, 5.41) is 3.31. The largest absolute Gasteiger partial charge is 0.385 e. The van der Waals surface area contributed by atoms with Crippen molar-refractivity contribution in [2.75, 3.05) is 19.6 Å². The Labute approximate surface area is 95.4 Å². The van der Waals surface area contributed by atoms with E-state index < -0.39 is 5.54 Å². The highest BCUT2D eigenvalue weighted by Crippen LogP contribution is 2.35. The Bertz CT molecular complexity index is 352. The van der Waals surface area contributed by atoms with Crippen molar-refractivity contribution in [1.82, 2.24) is 10.2 Å². The highest BCUT2D eigenvalue weighted by molar-refractivity contribution is 6.06. The zero-order valence-electron chi connectivity index (χ0n) is 9.57. The third-order valence-electron chi connectivity index (χ3n) is 3.63. The van der Waals surface area contributed by atoms with E-state index in [-0.39, 0.29) is 11.9 Å². The molecule has 1 fully saturated rings. The number of amides is 2. The Hall–Kier alpha value is -1.36. The molecule has 0 aromatic carbocycles. The first kappa shape index (κ1) is 11.1. The van der Waals surface area contributed by atoms with Crippen LogP contribution in [0.5, 0.6) is 0 Å². The first-order chi connectivity index (χ1) is 7.63. The SMILES string of the molecule is C=CCN1C(=O)N=C(N)C12CCNCC2C. The van der Waals surface area contributed by atoms with E-state index in [9.17, 15) is 4.79 Å². The summed E-state index contributed by atoms with van der Waals surface area (Å²) in [5.74, 6) is 0.741. The van der Waals surface area contributed by atoms with Gasteiger partial charge in [0.15, 0.2) is 0 Å². The van der Waals surface area contributed by atoms with Gasteiger partial charge < -0.3 is 16.0 Å². The van der Waals surface area contributed by atoms with Gasteiger partial charge in [-0.2, -0.15) is 4.99 Å². The monoisotopic (exact) mass is 222 g/mol. The molecule has 2 atom stereocenters. The summed E-state index contributed by atoms with van der Waals surface area (Å²) in [6.07, 6.45) is 2.55. The molecule has 5 heteroatoms. The Balaban J connectivity index is 2.37. The van der Waals surface area contributed by atoms with Crippen molar-refractivity contribution in [1.29, 1.82) is 0 Å². The molecule has 0 saturated carbocycles. The van der Waals surface area contributed by atoms with E-state index in [0.717, 1.165) is 19.5 Å². The summed E-state index contributed by atoms with van der Waals surface area (Å²) in [5.41, 5.74) is 5.58. The van der Waals surface area contributed by atoms with Crippen LogP contribution in [0.25, 0.3) is 0 Å². The van der Waals surface area contributed by atoms with Gasteiger partial charge in [-0.05, 0) is 18.9 Å². The standard InChI is InChI=1S/C11H18N4O/c1-3-6-15-10(16)14-9(12)11(15)4-5-13-7-8(11)2/h3,8,13H,1,4-7H2,2H3,(H2,12,14,16). The fraction of sp³-hybridized carbons (Fsp3) is 0.636. The number of urea groups is 1. The molecular weight excluding hydrogens is 204 g/mol. The van der Waals surface area contributed by atoms with Gasteiger partial charge in [-0.3, -0.25) is 0 Å². The molecule has 88 valence electrons. The zero-order chi connectivity index (χ0) is 11.8. The lowest BCUT2D eigenvalue weighted by Gasteiger charge is -2.45. The topological polar surface area (TPSA) is 70.7 Å². The lowest BCUT2D eigenvalue weighted by atomic mass is 9.77. The third kappa shape index (κ3) is 1.35. The molecule has 0 aromatic rings. The normalized spacial score (nSPS) is 34.3. The first-order valence-corrected chi connectivity index (χ1v) is 5.60. The number of amidine groups is 1. The van der Waals surface area contributed by atoms with Gasteiger partial charge in [0.1, 0.15) is 11.4 Å². The summed E-state index contributed by atoms with van der Waals surface area (Å²) in [7, 11) is 0. The first-order valence-electron chi connectivity index (χ1n) is 5.60. The van der Waals surface area contributed by atoms with Crippen molar-refractivity contribution in [2.24, 2.45) is 16.6 Å². The lowest BCUT2D eigenvalue weighted by Crippen LogP contribution is -2.63. The van der Waals surface area contributed by atoms with Crippen LogP contribution in [0.3, 0.4) is 0 Å². The molecule has 2 heterocycles. The number of nitrogens with zero attached hydrogens (tertiary/aromatic N) is 2. The predicted molar refractivity (Wildman–Crippen MR) is 63.3 cm³/mol.